The van der Waals surface area contributed by atoms with E-state index in [1.54, 1.807) is 14.0 Å². The molecule has 0 atom stereocenters. The Labute approximate surface area is 157 Å². The predicted octanol–water partition coefficient (Wildman–Crippen LogP) is 3.63. The van der Waals surface area contributed by atoms with Gasteiger partial charge >= 0.3 is 5.97 Å². The lowest BCUT2D eigenvalue weighted by atomic mass is 10.1. The molecule has 0 fully saturated rings. The lowest BCUT2D eigenvalue weighted by Crippen LogP contribution is -2.23. The minimum Gasteiger partial charge on any atom is -0.497 e. The van der Waals surface area contributed by atoms with Crippen LogP contribution in [0.3, 0.4) is 0 Å². The summed E-state index contributed by atoms with van der Waals surface area (Å²) in [7, 11) is 1.61. The van der Waals surface area contributed by atoms with Gasteiger partial charge in [0.1, 0.15) is 11.3 Å². The number of carbonyl (C=O) groups excluding carboxylic acids is 1. The molecule has 140 valence electrons. The zero-order valence-corrected chi connectivity index (χ0v) is 15.6. The number of H-pyrrole nitrogens is 1. The van der Waals surface area contributed by atoms with Crippen molar-refractivity contribution in [1.29, 1.82) is 0 Å². The number of fused-ring (bicyclic) bond motifs is 1. The van der Waals surface area contributed by atoms with Gasteiger partial charge in [-0.15, -0.1) is 0 Å². The van der Waals surface area contributed by atoms with E-state index < -0.39 is 11.5 Å². The number of pyridine rings is 1. The number of aromatic nitrogens is 1. The summed E-state index contributed by atoms with van der Waals surface area (Å²) in [5.41, 5.74) is 2.57. The molecule has 3 rings (SSSR count). The Hall–Kier alpha value is -3.28. The zero-order valence-electron chi connectivity index (χ0n) is 15.6. The monoisotopic (exact) mass is 366 g/mol. The molecule has 2 aromatic carbocycles. The van der Waals surface area contributed by atoms with Gasteiger partial charge in [0.15, 0.2) is 0 Å². The molecule has 27 heavy (non-hydrogen) atoms. The van der Waals surface area contributed by atoms with Crippen LogP contribution in [0.5, 0.6) is 5.75 Å². The minimum absolute atomic E-state index is 0.0159. The number of ether oxygens (including phenoxy) is 2. The average Bonchev–Trinajstić information content (AvgIpc) is 2.67. The highest BCUT2D eigenvalue weighted by Gasteiger charge is 2.21. The standard InChI is InChI=1S/C21H22N2O4/c1-4-27-21(25)17-19(22-12-14-8-6-9-15(11-14)26-3)16-10-5-7-13(2)18(16)23-20(17)24/h5-11H,4,12H2,1-3H3,(H2,22,23,24). The van der Waals surface area contributed by atoms with Gasteiger partial charge in [0.2, 0.25) is 0 Å². The topological polar surface area (TPSA) is 80.4 Å². The fourth-order valence-electron chi connectivity index (χ4n) is 3.02. The maximum atomic E-state index is 12.6. The van der Waals surface area contributed by atoms with E-state index in [9.17, 15) is 9.59 Å². The van der Waals surface area contributed by atoms with Crippen LogP contribution in [-0.2, 0) is 11.3 Å². The molecule has 0 aliphatic heterocycles. The van der Waals surface area contributed by atoms with Gasteiger partial charge in [-0.1, -0.05) is 30.3 Å². The van der Waals surface area contributed by atoms with Gasteiger partial charge in [-0.25, -0.2) is 4.79 Å². The summed E-state index contributed by atoms with van der Waals surface area (Å²) in [5.74, 6) is 0.0989. The fourth-order valence-corrected chi connectivity index (χ4v) is 3.02. The quantitative estimate of drug-likeness (QED) is 0.651. The third-order valence-corrected chi connectivity index (χ3v) is 4.34. The molecule has 3 aromatic rings. The second-order valence-corrected chi connectivity index (χ2v) is 6.13. The molecular weight excluding hydrogens is 344 g/mol. The number of hydrogen-bond acceptors (Lipinski definition) is 5. The summed E-state index contributed by atoms with van der Waals surface area (Å²) in [6, 6.07) is 13.3. The van der Waals surface area contributed by atoms with Crippen LogP contribution >= 0.6 is 0 Å². The Bertz CT molecular complexity index is 1040. The Balaban J connectivity index is 2.10. The maximum absolute atomic E-state index is 12.6. The third kappa shape index (κ3) is 3.79. The van der Waals surface area contributed by atoms with Gasteiger partial charge in [0.25, 0.3) is 5.56 Å². The number of carbonyl (C=O) groups is 1. The number of aryl methyl sites for hydroxylation is 1. The molecule has 1 heterocycles. The summed E-state index contributed by atoms with van der Waals surface area (Å²) in [6.45, 7) is 4.24. The number of benzene rings is 2. The Morgan fingerprint density at radius 1 is 1.19 bits per heavy atom. The maximum Gasteiger partial charge on any atom is 0.345 e. The molecule has 0 saturated heterocycles. The van der Waals surface area contributed by atoms with Crippen molar-refractivity contribution in [2.24, 2.45) is 0 Å². The van der Waals surface area contributed by atoms with Crippen molar-refractivity contribution in [2.45, 2.75) is 20.4 Å². The molecule has 6 nitrogen and oxygen atoms in total. The summed E-state index contributed by atoms with van der Waals surface area (Å²) in [4.78, 5) is 27.8. The number of rotatable bonds is 6. The van der Waals surface area contributed by atoms with E-state index in [1.165, 1.54) is 0 Å². The molecule has 0 aliphatic rings. The summed E-state index contributed by atoms with van der Waals surface area (Å²) >= 11 is 0. The van der Waals surface area contributed by atoms with Gasteiger partial charge < -0.3 is 19.8 Å². The van der Waals surface area contributed by atoms with Crippen molar-refractivity contribution in [3.63, 3.8) is 0 Å². The first-order valence-corrected chi connectivity index (χ1v) is 8.74. The lowest BCUT2D eigenvalue weighted by Gasteiger charge is -2.15. The molecule has 0 bridgehead atoms. The number of esters is 1. The van der Waals surface area contributed by atoms with Crippen LogP contribution in [0.4, 0.5) is 5.69 Å². The van der Waals surface area contributed by atoms with Crippen LogP contribution < -0.4 is 15.6 Å². The minimum atomic E-state index is -0.643. The van der Waals surface area contributed by atoms with Gasteiger partial charge in [-0.2, -0.15) is 0 Å². The third-order valence-electron chi connectivity index (χ3n) is 4.34. The van der Waals surface area contributed by atoms with Crippen LogP contribution in [0, 0.1) is 6.92 Å². The molecule has 2 N–H and O–H groups in total. The van der Waals surface area contributed by atoms with Gasteiger partial charge in [-0.05, 0) is 37.1 Å². The van der Waals surface area contributed by atoms with E-state index in [2.05, 4.69) is 10.3 Å². The van der Waals surface area contributed by atoms with Crippen molar-refractivity contribution >= 4 is 22.6 Å². The van der Waals surface area contributed by atoms with Crippen molar-refractivity contribution < 1.29 is 14.3 Å². The van der Waals surface area contributed by atoms with Gasteiger partial charge in [-0.3, -0.25) is 4.79 Å². The van der Waals surface area contributed by atoms with E-state index in [4.69, 9.17) is 9.47 Å². The molecule has 6 heteroatoms. The molecule has 0 saturated carbocycles. The molecular formula is C21H22N2O4. The van der Waals surface area contributed by atoms with Crippen LogP contribution in [0.15, 0.2) is 47.3 Å². The van der Waals surface area contributed by atoms with Gasteiger partial charge in [0, 0.05) is 11.9 Å². The normalized spacial score (nSPS) is 10.6. The molecule has 0 radical (unpaired) electrons. The number of nitrogens with one attached hydrogen (secondary N) is 2. The number of aromatic amines is 1. The highest BCUT2D eigenvalue weighted by Crippen LogP contribution is 2.27. The second kappa shape index (κ2) is 7.95. The van der Waals surface area contributed by atoms with Crippen LogP contribution in [0.2, 0.25) is 0 Å². The highest BCUT2D eigenvalue weighted by molar-refractivity contribution is 6.05. The molecule has 0 aliphatic carbocycles. The fraction of sp³-hybridized carbons (Fsp3) is 0.238. The number of para-hydroxylation sites is 1. The summed E-state index contributed by atoms with van der Waals surface area (Å²) in [6.07, 6.45) is 0. The van der Waals surface area contributed by atoms with Crippen LogP contribution in [0.1, 0.15) is 28.4 Å². The molecule has 0 amide bonds. The van der Waals surface area contributed by atoms with Crippen molar-refractivity contribution in [1.82, 2.24) is 4.98 Å². The van der Waals surface area contributed by atoms with Crippen LogP contribution in [-0.4, -0.2) is 24.7 Å². The zero-order chi connectivity index (χ0) is 19.4. The van der Waals surface area contributed by atoms with E-state index in [0.717, 1.165) is 22.3 Å². The molecule has 0 unspecified atom stereocenters. The van der Waals surface area contributed by atoms with E-state index >= 15 is 0 Å². The lowest BCUT2D eigenvalue weighted by molar-refractivity contribution is 0.0525. The molecule has 0 spiro atoms. The smallest absolute Gasteiger partial charge is 0.345 e. The van der Waals surface area contributed by atoms with E-state index in [1.807, 2.05) is 49.4 Å². The largest absolute Gasteiger partial charge is 0.497 e. The SMILES string of the molecule is CCOC(=O)c1c(NCc2cccc(OC)c2)c2cccc(C)c2[nH]c1=O. The van der Waals surface area contributed by atoms with Crippen LogP contribution in [0.25, 0.3) is 10.9 Å². The number of methoxy groups -OCH3 is 1. The highest BCUT2D eigenvalue weighted by atomic mass is 16.5. The van der Waals surface area contributed by atoms with Crippen molar-refractivity contribution in [2.75, 3.05) is 19.0 Å². The van der Waals surface area contributed by atoms with Crippen molar-refractivity contribution in [3.05, 3.63) is 69.5 Å². The second-order valence-electron chi connectivity index (χ2n) is 6.13. The Kier molecular flexibility index (Phi) is 5.45. The van der Waals surface area contributed by atoms with E-state index in [0.29, 0.717) is 17.7 Å². The summed E-state index contributed by atoms with van der Waals surface area (Å²) in [5, 5.41) is 4.02. The predicted molar refractivity (Wildman–Crippen MR) is 106 cm³/mol. The van der Waals surface area contributed by atoms with E-state index in [-0.39, 0.29) is 12.2 Å². The number of anilines is 1. The average molecular weight is 366 g/mol. The first kappa shape index (κ1) is 18.5. The Morgan fingerprint density at radius 3 is 2.70 bits per heavy atom. The Morgan fingerprint density at radius 2 is 1.96 bits per heavy atom. The first-order chi connectivity index (χ1) is 13.0. The first-order valence-electron chi connectivity index (χ1n) is 8.74. The van der Waals surface area contributed by atoms with Crippen molar-refractivity contribution in [3.8, 4) is 5.75 Å². The molecule has 1 aromatic heterocycles. The number of hydrogen-bond donors (Lipinski definition) is 2. The van der Waals surface area contributed by atoms with Gasteiger partial charge in [0.05, 0.1) is 24.9 Å². The summed E-state index contributed by atoms with van der Waals surface area (Å²) < 4.78 is 10.3.